The van der Waals surface area contributed by atoms with E-state index in [9.17, 15) is 0 Å². The van der Waals surface area contributed by atoms with Crippen LogP contribution in [-0.2, 0) is 0 Å². The predicted octanol–water partition coefficient (Wildman–Crippen LogP) is 3.45. The molecule has 0 radical (unpaired) electrons. The first kappa shape index (κ1) is 14.7. The molecule has 0 saturated carbocycles. The normalized spacial score (nSPS) is 14.1. The van der Waals surface area contributed by atoms with Crippen LogP contribution in [0.3, 0.4) is 0 Å². The summed E-state index contributed by atoms with van der Waals surface area (Å²) in [6, 6.07) is 2.41. The average Bonchev–Trinajstić information content (AvgIpc) is 2.34. The topological polar surface area (TPSA) is 49.8 Å². The molecule has 0 aliphatic rings. The van der Waals surface area contributed by atoms with Crippen molar-refractivity contribution >= 4 is 11.6 Å². The first-order valence-corrected chi connectivity index (χ1v) is 6.92. The fourth-order valence-electron chi connectivity index (χ4n) is 1.71. The van der Waals surface area contributed by atoms with E-state index < -0.39 is 0 Å². The Morgan fingerprint density at radius 1 is 1.17 bits per heavy atom. The second kappa shape index (κ2) is 7.19. The van der Waals surface area contributed by atoms with E-state index in [1.54, 1.807) is 0 Å². The van der Waals surface area contributed by atoms with E-state index in [4.69, 9.17) is 0 Å². The molecular formula is C14H26N4. The summed E-state index contributed by atoms with van der Waals surface area (Å²) in [5.74, 6) is 3.25. The molecule has 102 valence electrons. The van der Waals surface area contributed by atoms with Crippen molar-refractivity contribution in [2.75, 3.05) is 17.2 Å². The highest BCUT2D eigenvalue weighted by atomic mass is 15.1. The van der Waals surface area contributed by atoms with Crippen LogP contribution < -0.4 is 10.6 Å². The Labute approximate surface area is 111 Å². The lowest BCUT2D eigenvalue weighted by atomic mass is 10.0. The number of aryl methyl sites for hydroxylation is 1. The van der Waals surface area contributed by atoms with Crippen molar-refractivity contribution in [1.29, 1.82) is 0 Å². The van der Waals surface area contributed by atoms with E-state index in [0.29, 0.717) is 12.0 Å². The Bertz CT molecular complexity index is 365. The summed E-state index contributed by atoms with van der Waals surface area (Å²) in [4.78, 5) is 8.82. The van der Waals surface area contributed by atoms with E-state index in [1.807, 2.05) is 13.0 Å². The van der Waals surface area contributed by atoms with Crippen LogP contribution in [0.25, 0.3) is 0 Å². The molecule has 0 bridgehead atoms. The number of aromatic nitrogens is 2. The van der Waals surface area contributed by atoms with Gasteiger partial charge >= 0.3 is 0 Å². The maximum absolute atomic E-state index is 4.44. The standard InChI is InChI=1S/C14H26N4/c1-6-8-15-13-9-14(18-12(5)17-13)16-11(4)10(3)7-2/h9-11H,6-8H2,1-5H3,(H2,15,16,17,18). The summed E-state index contributed by atoms with van der Waals surface area (Å²) >= 11 is 0. The van der Waals surface area contributed by atoms with Crippen molar-refractivity contribution in [3.63, 3.8) is 0 Å². The van der Waals surface area contributed by atoms with Gasteiger partial charge in [-0.15, -0.1) is 0 Å². The molecule has 1 heterocycles. The number of nitrogens with one attached hydrogen (secondary N) is 2. The van der Waals surface area contributed by atoms with Gasteiger partial charge in [-0.2, -0.15) is 0 Å². The van der Waals surface area contributed by atoms with Crippen molar-refractivity contribution in [3.8, 4) is 0 Å². The van der Waals surface area contributed by atoms with Crippen molar-refractivity contribution in [1.82, 2.24) is 9.97 Å². The predicted molar refractivity (Wildman–Crippen MR) is 78.1 cm³/mol. The first-order chi connectivity index (χ1) is 8.56. The fraction of sp³-hybridized carbons (Fsp3) is 0.714. The van der Waals surface area contributed by atoms with E-state index in [2.05, 4.69) is 48.3 Å². The minimum atomic E-state index is 0.420. The second-order valence-electron chi connectivity index (χ2n) is 4.93. The molecule has 1 aromatic heterocycles. The van der Waals surface area contributed by atoms with Crippen LogP contribution in [0.2, 0.25) is 0 Å². The Morgan fingerprint density at radius 2 is 1.83 bits per heavy atom. The molecule has 1 aromatic rings. The third-order valence-corrected chi connectivity index (χ3v) is 3.27. The summed E-state index contributed by atoms with van der Waals surface area (Å²) in [6.45, 7) is 11.7. The van der Waals surface area contributed by atoms with E-state index in [1.165, 1.54) is 6.42 Å². The maximum atomic E-state index is 4.44. The van der Waals surface area contributed by atoms with E-state index >= 15 is 0 Å². The molecule has 4 heteroatoms. The van der Waals surface area contributed by atoms with Gasteiger partial charge in [-0.1, -0.05) is 27.2 Å². The molecule has 0 aliphatic heterocycles. The monoisotopic (exact) mass is 250 g/mol. The lowest BCUT2D eigenvalue weighted by molar-refractivity contribution is 0.493. The minimum Gasteiger partial charge on any atom is -0.370 e. The Kier molecular flexibility index (Phi) is 5.89. The van der Waals surface area contributed by atoms with Gasteiger partial charge in [-0.05, 0) is 26.2 Å². The quantitative estimate of drug-likeness (QED) is 0.778. The van der Waals surface area contributed by atoms with Crippen molar-refractivity contribution < 1.29 is 0 Å². The maximum Gasteiger partial charge on any atom is 0.132 e. The van der Waals surface area contributed by atoms with E-state index in [-0.39, 0.29) is 0 Å². The van der Waals surface area contributed by atoms with Crippen LogP contribution in [-0.4, -0.2) is 22.6 Å². The Balaban J connectivity index is 2.73. The molecule has 0 fully saturated rings. The Hall–Kier alpha value is -1.32. The van der Waals surface area contributed by atoms with Gasteiger partial charge in [0.2, 0.25) is 0 Å². The van der Waals surface area contributed by atoms with Gasteiger partial charge in [0.05, 0.1) is 0 Å². The molecule has 0 saturated heterocycles. The molecule has 0 aliphatic carbocycles. The Morgan fingerprint density at radius 3 is 2.44 bits per heavy atom. The summed E-state index contributed by atoms with van der Waals surface area (Å²) in [5, 5.41) is 6.76. The second-order valence-corrected chi connectivity index (χ2v) is 4.93. The van der Waals surface area contributed by atoms with Gasteiger partial charge < -0.3 is 10.6 Å². The highest BCUT2D eigenvalue weighted by Crippen LogP contribution is 2.16. The van der Waals surface area contributed by atoms with E-state index in [0.717, 1.165) is 30.4 Å². The SMILES string of the molecule is CCCNc1cc(NC(C)C(C)CC)nc(C)n1. The van der Waals surface area contributed by atoms with Crippen LogP contribution in [0.4, 0.5) is 11.6 Å². The minimum absolute atomic E-state index is 0.420. The molecule has 0 aromatic carbocycles. The van der Waals surface area contributed by atoms with Gasteiger partial charge in [-0.25, -0.2) is 9.97 Å². The lowest BCUT2D eigenvalue weighted by Crippen LogP contribution is -2.24. The van der Waals surface area contributed by atoms with Crippen molar-refractivity contribution in [2.24, 2.45) is 5.92 Å². The molecule has 2 N–H and O–H groups in total. The number of hydrogen-bond donors (Lipinski definition) is 2. The summed E-state index contributed by atoms with van der Waals surface area (Å²) in [6.07, 6.45) is 2.26. The van der Waals surface area contributed by atoms with Gasteiger partial charge in [-0.3, -0.25) is 0 Å². The highest BCUT2D eigenvalue weighted by molar-refractivity contribution is 5.48. The zero-order valence-electron chi connectivity index (χ0n) is 12.2. The third kappa shape index (κ3) is 4.51. The van der Waals surface area contributed by atoms with Gasteiger partial charge in [0, 0.05) is 18.7 Å². The van der Waals surface area contributed by atoms with Crippen molar-refractivity contribution in [3.05, 3.63) is 11.9 Å². The van der Waals surface area contributed by atoms with Gasteiger partial charge in [0.1, 0.15) is 17.5 Å². The van der Waals surface area contributed by atoms with Gasteiger partial charge in [0.15, 0.2) is 0 Å². The van der Waals surface area contributed by atoms with Crippen LogP contribution in [0.15, 0.2) is 6.07 Å². The summed E-state index contributed by atoms with van der Waals surface area (Å²) in [7, 11) is 0. The van der Waals surface area contributed by atoms with Crippen LogP contribution >= 0.6 is 0 Å². The van der Waals surface area contributed by atoms with Crippen LogP contribution in [0.5, 0.6) is 0 Å². The zero-order chi connectivity index (χ0) is 13.5. The molecule has 2 atom stereocenters. The lowest BCUT2D eigenvalue weighted by Gasteiger charge is -2.21. The molecule has 18 heavy (non-hydrogen) atoms. The fourth-order valence-corrected chi connectivity index (χ4v) is 1.71. The molecule has 0 amide bonds. The molecular weight excluding hydrogens is 224 g/mol. The van der Waals surface area contributed by atoms with Crippen molar-refractivity contribution in [2.45, 2.75) is 53.5 Å². The molecule has 1 rings (SSSR count). The summed E-state index contributed by atoms with van der Waals surface area (Å²) < 4.78 is 0. The first-order valence-electron chi connectivity index (χ1n) is 6.92. The smallest absolute Gasteiger partial charge is 0.132 e. The highest BCUT2D eigenvalue weighted by Gasteiger charge is 2.11. The van der Waals surface area contributed by atoms with Crippen LogP contribution in [0.1, 0.15) is 46.4 Å². The zero-order valence-corrected chi connectivity index (χ0v) is 12.2. The number of nitrogens with zero attached hydrogens (tertiary/aromatic N) is 2. The van der Waals surface area contributed by atoms with Gasteiger partial charge in [0.25, 0.3) is 0 Å². The third-order valence-electron chi connectivity index (χ3n) is 3.27. The molecule has 0 spiro atoms. The average molecular weight is 250 g/mol. The number of rotatable bonds is 7. The molecule has 4 nitrogen and oxygen atoms in total. The molecule has 2 unspecified atom stereocenters. The number of anilines is 2. The van der Waals surface area contributed by atoms with Crippen LogP contribution in [0, 0.1) is 12.8 Å². The number of hydrogen-bond acceptors (Lipinski definition) is 4. The summed E-state index contributed by atoms with van der Waals surface area (Å²) in [5.41, 5.74) is 0. The largest absolute Gasteiger partial charge is 0.370 e.